The summed E-state index contributed by atoms with van der Waals surface area (Å²) in [4.78, 5) is 4.37. The van der Waals surface area contributed by atoms with Gasteiger partial charge >= 0.3 is 0 Å². The molecule has 0 aliphatic heterocycles. The first-order valence-corrected chi connectivity index (χ1v) is 6.15. The summed E-state index contributed by atoms with van der Waals surface area (Å²) < 4.78 is 5.43. The minimum atomic E-state index is 0.659. The van der Waals surface area contributed by atoms with Gasteiger partial charge in [-0.1, -0.05) is 12.1 Å². The minimum absolute atomic E-state index is 0.659. The Kier molecular flexibility index (Phi) is 2.50. The normalized spacial score (nSPS) is 26.5. The first-order chi connectivity index (χ1) is 8.28. The lowest BCUT2D eigenvalue weighted by atomic mass is 10.0. The molecule has 1 fully saturated rings. The Morgan fingerprint density at radius 3 is 2.88 bits per heavy atom. The number of ether oxygens (including phenoxy) is 1. The number of methoxy groups -OCH3 is 1. The van der Waals surface area contributed by atoms with Crippen molar-refractivity contribution < 1.29 is 4.74 Å². The molecule has 2 atom stereocenters. The van der Waals surface area contributed by atoms with Crippen molar-refractivity contribution >= 4 is 5.57 Å². The quantitative estimate of drug-likeness (QED) is 0.773. The molecular weight excluding hydrogens is 210 g/mol. The van der Waals surface area contributed by atoms with Crippen LogP contribution < -0.4 is 0 Å². The zero-order valence-corrected chi connectivity index (χ0v) is 10.3. The van der Waals surface area contributed by atoms with Crippen molar-refractivity contribution in [2.45, 2.75) is 19.8 Å². The van der Waals surface area contributed by atoms with Gasteiger partial charge in [0.05, 0.1) is 12.9 Å². The smallest absolute Gasteiger partial charge is 0.0989 e. The molecule has 2 unspecified atom stereocenters. The van der Waals surface area contributed by atoms with Crippen LogP contribution in [-0.4, -0.2) is 12.1 Å². The van der Waals surface area contributed by atoms with Crippen molar-refractivity contribution in [3.05, 3.63) is 47.5 Å². The summed E-state index contributed by atoms with van der Waals surface area (Å²) >= 11 is 0. The summed E-state index contributed by atoms with van der Waals surface area (Å²) in [6.07, 6.45) is 8.73. The molecule has 0 amide bonds. The molecule has 88 valence electrons. The standard InChI is InChI=1S/C15H17NO/c1-10-3-4-12(9-16-10)11-5-6-15(17-2)14-8-13(14)7-11/h3-6,9,13-14H,7-8H2,1-2H3. The van der Waals surface area contributed by atoms with Crippen LogP contribution in [-0.2, 0) is 4.74 Å². The number of rotatable bonds is 2. The van der Waals surface area contributed by atoms with Gasteiger partial charge in [0.1, 0.15) is 0 Å². The molecular formula is C15H17NO. The van der Waals surface area contributed by atoms with Gasteiger partial charge in [-0.2, -0.15) is 0 Å². The molecule has 2 heteroatoms. The summed E-state index contributed by atoms with van der Waals surface area (Å²) in [5.74, 6) is 2.58. The number of allylic oxidation sites excluding steroid dienone is 4. The van der Waals surface area contributed by atoms with Crippen molar-refractivity contribution in [3.63, 3.8) is 0 Å². The molecule has 0 saturated heterocycles. The second-order valence-corrected chi connectivity index (χ2v) is 4.96. The molecule has 3 rings (SSSR count). The Morgan fingerprint density at radius 2 is 2.18 bits per heavy atom. The lowest BCUT2D eigenvalue weighted by Crippen LogP contribution is -1.91. The molecule has 1 saturated carbocycles. The van der Waals surface area contributed by atoms with E-state index in [4.69, 9.17) is 4.74 Å². The monoisotopic (exact) mass is 227 g/mol. The fourth-order valence-corrected chi connectivity index (χ4v) is 2.57. The Morgan fingerprint density at radius 1 is 1.29 bits per heavy atom. The van der Waals surface area contributed by atoms with Gasteiger partial charge in [0.2, 0.25) is 0 Å². The van der Waals surface area contributed by atoms with Crippen LogP contribution in [0.1, 0.15) is 24.1 Å². The van der Waals surface area contributed by atoms with E-state index in [9.17, 15) is 0 Å². The Labute approximate surface area is 102 Å². The lowest BCUT2D eigenvalue weighted by molar-refractivity contribution is 0.267. The van der Waals surface area contributed by atoms with E-state index < -0.39 is 0 Å². The molecule has 1 heterocycles. The van der Waals surface area contributed by atoms with Gasteiger partial charge in [0.15, 0.2) is 0 Å². The van der Waals surface area contributed by atoms with Crippen LogP contribution in [0, 0.1) is 18.8 Å². The van der Waals surface area contributed by atoms with Gasteiger partial charge in [-0.3, -0.25) is 4.98 Å². The minimum Gasteiger partial charge on any atom is -0.501 e. The fraction of sp³-hybridized carbons (Fsp3) is 0.400. The van der Waals surface area contributed by atoms with Crippen molar-refractivity contribution in [1.82, 2.24) is 4.98 Å². The van der Waals surface area contributed by atoms with Crippen LogP contribution in [0.5, 0.6) is 0 Å². The highest BCUT2D eigenvalue weighted by Gasteiger charge is 2.42. The molecule has 1 aromatic heterocycles. The maximum absolute atomic E-state index is 5.43. The third-order valence-corrected chi connectivity index (χ3v) is 3.74. The van der Waals surface area contributed by atoms with Crippen molar-refractivity contribution in [2.75, 3.05) is 7.11 Å². The van der Waals surface area contributed by atoms with Crippen LogP contribution in [0.2, 0.25) is 0 Å². The fourth-order valence-electron chi connectivity index (χ4n) is 2.57. The molecule has 2 aliphatic carbocycles. The van der Waals surface area contributed by atoms with E-state index in [1.165, 1.54) is 17.6 Å². The van der Waals surface area contributed by atoms with Crippen molar-refractivity contribution in [3.8, 4) is 0 Å². The zero-order chi connectivity index (χ0) is 11.8. The highest BCUT2D eigenvalue weighted by molar-refractivity contribution is 5.68. The summed E-state index contributed by atoms with van der Waals surface area (Å²) in [5, 5.41) is 0. The van der Waals surface area contributed by atoms with Crippen LogP contribution >= 0.6 is 0 Å². The molecule has 0 aromatic carbocycles. The van der Waals surface area contributed by atoms with E-state index in [0.29, 0.717) is 5.92 Å². The van der Waals surface area contributed by atoms with Crippen LogP contribution in [0.25, 0.3) is 5.57 Å². The highest BCUT2D eigenvalue weighted by atomic mass is 16.5. The largest absolute Gasteiger partial charge is 0.501 e. The topological polar surface area (TPSA) is 22.1 Å². The lowest BCUT2D eigenvalue weighted by Gasteiger charge is -2.05. The molecule has 2 aliphatic rings. The van der Waals surface area contributed by atoms with E-state index in [-0.39, 0.29) is 0 Å². The van der Waals surface area contributed by atoms with Gasteiger partial charge in [-0.25, -0.2) is 0 Å². The predicted molar refractivity (Wildman–Crippen MR) is 68.3 cm³/mol. The molecule has 1 aromatic rings. The van der Waals surface area contributed by atoms with Crippen molar-refractivity contribution in [1.29, 1.82) is 0 Å². The summed E-state index contributed by atoms with van der Waals surface area (Å²) in [7, 11) is 1.77. The zero-order valence-electron chi connectivity index (χ0n) is 10.3. The first-order valence-electron chi connectivity index (χ1n) is 6.15. The third-order valence-electron chi connectivity index (χ3n) is 3.74. The SMILES string of the molecule is COC1=CC=C(c2ccc(C)nc2)CC2CC12. The van der Waals surface area contributed by atoms with E-state index in [0.717, 1.165) is 23.8 Å². The predicted octanol–water partition coefficient (Wildman–Crippen LogP) is 3.34. The second kappa shape index (κ2) is 4.02. The first kappa shape index (κ1) is 10.6. The highest BCUT2D eigenvalue weighted by Crippen LogP contribution is 2.50. The number of pyridine rings is 1. The second-order valence-electron chi connectivity index (χ2n) is 4.96. The number of fused-ring (bicyclic) bond motifs is 1. The van der Waals surface area contributed by atoms with E-state index in [1.54, 1.807) is 7.11 Å². The molecule has 0 bridgehead atoms. The van der Waals surface area contributed by atoms with Crippen LogP contribution in [0.4, 0.5) is 0 Å². The number of aryl methyl sites for hydroxylation is 1. The number of hydrogen-bond donors (Lipinski definition) is 0. The van der Waals surface area contributed by atoms with E-state index in [1.807, 2.05) is 13.1 Å². The number of hydrogen-bond acceptors (Lipinski definition) is 2. The van der Waals surface area contributed by atoms with Gasteiger partial charge in [-0.05, 0) is 49.0 Å². The maximum atomic E-state index is 5.43. The molecule has 2 nitrogen and oxygen atoms in total. The third kappa shape index (κ3) is 1.99. The summed E-state index contributed by atoms with van der Waals surface area (Å²) in [6.45, 7) is 2.02. The van der Waals surface area contributed by atoms with Crippen LogP contribution in [0.15, 0.2) is 36.2 Å². The van der Waals surface area contributed by atoms with Gasteiger partial charge in [0, 0.05) is 17.8 Å². The summed E-state index contributed by atoms with van der Waals surface area (Å²) in [5.41, 5.74) is 3.70. The maximum Gasteiger partial charge on any atom is 0.0989 e. The molecule has 0 spiro atoms. The number of aromatic nitrogens is 1. The van der Waals surface area contributed by atoms with E-state index in [2.05, 4.69) is 29.3 Å². The van der Waals surface area contributed by atoms with Gasteiger partial charge in [0.25, 0.3) is 0 Å². The Hall–Kier alpha value is -1.57. The molecule has 17 heavy (non-hydrogen) atoms. The Bertz CT molecular complexity index is 484. The average molecular weight is 227 g/mol. The Balaban J connectivity index is 1.90. The number of nitrogens with zero attached hydrogens (tertiary/aromatic N) is 1. The van der Waals surface area contributed by atoms with Crippen molar-refractivity contribution in [2.24, 2.45) is 11.8 Å². The molecule has 0 N–H and O–H groups in total. The average Bonchev–Trinajstić information content (AvgIpc) is 3.08. The van der Waals surface area contributed by atoms with E-state index >= 15 is 0 Å². The van der Waals surface area contributed by atoms with Gasteiger partial charge < -0.3 is 4.74 Å². The van der Waals surface area contributed by atoms with Gasteiger partial charge in [-0.15, -0.1) is 0 Å². The molecule has 0 radical (unpaired) electrons. The summed E-state index contributed by atoms with van der Waals surface area (Å²) in [6, 6.07) is 4.24. The van der Waals surface area contributed by atoms with Crippen LogP contribution in [0.3, 0.4) is 0 Å².